The third kappa shape index (κ3) is 3.03. The van der Waals surface area contributed by atoms with Gasteiger partial charge in [-0.15, -0.1) is 11.3 Å². The van der Waals surface area contributed by atoms with E-state index < -0.39 is 0 Å². The van der Waals surface area contributed by atoms with E-state index in [0.717, 1.165) is 0 Å². The summed E-state index contributed by atoms with van der Waals surface area (Å²) in [7, 11) is 0. The van der Waals surface area contributed by atoms with Crippen molar-refractivity contribution >= 4 is 29.9 Å². The average molecular weight is 229 g/mol. The molecule has 1 aromatic heterocycles. The second-order valence-electron chi connectivity index (χ2n) is 3.35. The summed E-state index contributed by atoms with van der Waals surface area (Å²) < 4.78 is 0. The molecule has 0 unspecified atom stereocenters. The Morgan fingerprint density at radius 2 is 2.36 bits per heavy atom. The Morgan fingerprint density at radius 3 is 2.79 bits per heavy atom. The molecule has 0 atom stereocenters. The molecule has 0 aliphatic rings. The van der Waals surface area contributed by atoms with Gasteiger partial charge in [-0.25, -0.2) is 0 Å². The highest BCUT2D eigenvalue weighted by Gasteiger charge is 2.15. The van der Waals surface area contributed by atoms with Gasteiger partial charge in [0.05, 0.1) is 12.3 Å². The first-order valence-corrected chi connectivity index (χ1v) is 6.09. The molecule has 0 saturated heterocycles. The standard InChI is InChI=1S/C10H15NOS2/c1-8(2)11(10(12)7-13)6-9-4-3-5-14-9/h3-5,8,13H,6-7H2,1-2H3. The van der Waals surface area contributed by atoms with E-state index in [-0.39, 0.29) is 17.7 Å². The van der Waals surface area contributed by atoms with Crippen LogP contribution in [0.4, 0.5) is 0 Å². The monoisotopic (exact) mass is 229 g/mol. The fourth-order valence-electron chi connectivity index (χ4n) is 1.22. The van der Waals surface area contributed by atoms with Crippen LogP contribution in [0.1, 0.15) is 18.7 Å². The summed E-state index contributed by atoms with van der Waals surface area (Å²) in [4.78, 5) is 14.6. The van der Waals surface area contributed by atoms with Crippen LogP contribution in [0.3, 0.4) is 0 Å². The van der Waals surface area contributed by atoms with Crippen LogP contribution in [0.15, 0.2) is 17.5 Å². The summed E-state index contributed by atoms with van der Waals surface area (Å²) in [6.07, 6.45) is 0. The van der Waals surface area contributed by atoms with Gasteiger partial charge in [0.1, 0.15) is 0 Å². The molecule has 4 heteroatoms. The Hall–Kier alpha value is -0.480. The van der Waals surface area contributed by atoms with Gasteiger partial charge in [0.25, 0.3) is 0 Å². The van der Waals surface area contributed by atoms with Crippen molar-refractivity contribution < 1.29 is 4.79 Å². The topological polar surface area (TPSA) is 20.3 Å². The van der Waals surface area contributed by atoms with Crippen LogP contribution in [0.5, 0.6) is 0 Å². The number of amides is 1. The first-order valence-electron chi connectivity index (χ1n) is 4.58. The van der Waals surface area contributed by atoms with E-state index in [9.17, 15) is 4.79 Å². The minimum atomic E-state index is 0.0942. The third-order valence-electron chi connectivity index (χ3n) is 1.99. The smallest absolute Gasteiger partial charge is 0.232 e. The largest absolute Gasteiger partial charge is 0.334 e. The van der Waals surface area contributed by atoms with E-state index in [1.807, 2.05) is 36.3 Å². The minimum Gasteiger partial charge on any atom is -0.334 e. The molecule has 0 N–H and O–H groups in total. The lowest BCUT2D eigenvalue weighted by Crippen LogP contribution is -2.36. The highest BCUT2D eigenvalue weighted by Crippen LogP contribution is 2.14. The van der Waals surface area contributed by atoms with E-state index in [0.29, 0.717) is 6.54 Å². The Kier molecular flexibility index (Phi) is 4.48. The van der Waals surface area contributed by atoms with Gasteiger partial charge in [0.2, 0.25) is 5.91 Å². The van der Waals surface area contributed by atoms with Gasteiger partial charge in [-0.3, -0.25) is 4.79 Å². The predicted molar refractivity (Wildman–Crippen MR) is 63.9 cm³/mol. The van der Waals surface area contributed by atoms with Crippen molar-refractivity contribution in [1.29, 1.82) is 0 Å². The van der Waals surface area contributed by atoms with Crippen LogP contribution in [-0.2, 0) is 11.3 Å². The third-order valence-corrected chi connectivity index (χ3v) is 3.12. The molecular formula is C10H15NOS2. The van der Waals surface area contributed by atoms with E-state index >= 15 is 0 Å². The second-order valence-corrected chi connectivity index (χ2v) is 4.70. The quantitative estimate of drug-likeness (QED) is 0.786. The van der Waals surface area contributed by atoms with Crippen LogP contribution >= 0.6 is 24.0 Å². The van der Waals surface area contributed by atoms with Crippen LogP contribution in [0.2, 0.25) is 0 Å². The maximum Gasteiger partial charge on any atom is 0.232 e. The lowest BCUT2D eigenvalue weighted by atomic mass is 10.3. The summed E-state index contributed by atoms with van der Waals surface area (Å²) in [5, 5.41) is 2.03. The maximum atomic E-state index is 11.5. The van der Waals surface area contributed by atoms with Crippen molar-refractivity contribution in [1.82, 2.24) is 4.90 Å². The van der Waals surface area contributed by atoms with Crippen LogP contribution < -0.4 is 0 Å². The first kappa shape index (κ1) is 11.6. The SMILES string of the molecule is CC(C)N(Cc1cccs1)C(=O)CS. The predicted octanol–water partition coefficient (Wildman–Crippen LogP) is 2.41. The normalized spacial score (nSPS) is 10.6. The van der Waals surface area contributed by atoms with Crippen molar-refractivity contribution in [3.63, 3.8) is 0 Å². The highest BCUT2D eigenvalue weighted by atomic mass is 32.1. The maximum absolute atomic E-state index is 11.5. The molecule has 78 valence electrons. The molecule has 0 spiro atoms. The molecule has 0 bridgehead atoms. The average Bonchev–Trinajstić information content (AvgIpc) is 2.65. The number of nitrogens with zero attached hydrogens (tertiary/aromatic N) is 1. The molecule has 0 fully saturated rings. The van der Waals surface area contributed by atoms with Crippen molar-refractivity contribution in [2.45, 2.75) is 26.4 Å². The molecule has 0 radical (unpaired) electrons. The zero-order chi connectivity index (χ0) is 10.6. The fraction of sp³-hybridized carbons (Fsp3) is 0.500. The zero-order valence-electron chi connectivity index (χ0n) is 8.43. The molecule has 0 saturated carbocycles. The van der Waals surface area contributed by atoms with Gasteiger partial charge >= 0.3 is 0 Å². The Labute approximate surface area is 94.3 Å². The van der Waals surface area contributed by atoms with Gasteiger partial charge in [-0.1, -0.05) is 6.07 Å². The summed E-state index contributed by atoms with van der Waals surface area (Å²) in [6, 6.07) is 4.28. The second kappa shape index (κ2) is 5.41. The number of hydrogen-bond donors (Lipinski definition) is 1. The summed E-state index contributed by atoms with van der Waals surface area (Å²) in [5.41, 5.74) is 0. The Bertz CT molecular complexity index is 282. The summed E-state index contributed by atoms with van der Waals surface area (Å²) in [6.45, 7) is 4.75. The van der Waals surface area contributed by atoms with Crippen LogP contribution in [-0.4, -0.2) is 22.6 Å². The van der Waals surface area contributed by atoms with Gasteiger partial charge in [-0.05, 0) is 25.3 Å². The molecule has 1 aromatic rings. The van der Waals surface area contributed by atoms with Gasteiger partial charge in [-0.2, -0.15) is 12.6 Å². The molecular weight excluding hydrogens is 214 g/mol. The molecule has 1 amide bonds. The van der Waals surface area contributed by atoms with E-state index in [4.69, 9.17) is 0 Å². The highest BCUT2D eigenvalue weighted by molar-refractivity contribution is 7.81. The summed E-state index contributed by atoms with van der Waals surface area (Å²) in [5.74, 6) is 0.376. The van der Waals surface area contributed by atoms with E-state index in [2.05, 4.69) is 12.6 Å². The molecule has 1 heterocycles. The molecule has 1 rings (SSSR count). The molecule has 2 nitrogen and oxygen atoms in total. The minimum absolute atomic E-state index is 0.0942. The number of carbonyl (C=O) groups is 1. The van der Waals surface area contributed by atoms with Crippen molar-refractivity contribution in [2.24, 2.45) is 0 Å². The van der Waals surface area contributed by atoms with E-state index in [1.165, 1.54) is 4.88 Å². The molecule has 0 aliphatic carbocycles. The van der Waals surface area contributed by atoms with Crippen molar-refractivity contribution in [3.05, 3.63) is 22.4 Å². The van der Waals surface area contributed by atoms with Gasteiger partial charge < -0.3 is 4.90 Å². The molecule has 14 heavy (non-hydrogen) atoms. The van der Waals surface area contributed by atoms with Crippen molar-refractivity contribution in [3.8, 4) is 0 Å². The zero-order valence-corrected chi connectivity index (χ0v) is 10.1. The number of hydrogen-bond acceptors (Lipinski definition) is 3. The molecule has 0 aliphatic heterocycles. The number of thiophene rings is 1. The fourth-order valence-corrected chi connectivity index (χ4v) is 2.10. The first-order chi connectivity index (χ1) is 6.65. The Balaban J connectivity index is 2.65. The van der Waals surface area contributed by atoms with Gasteiger partial charge in [0.15, 0.2) is 0 Å². The summed E-state index contributed by atoms with van der Waals surface area (Å²) >= 11 is 5.69. The molecule has 0 aromatic carbocycles. The van der Waals surface area contributed by atoms with Crippen LogP contribution in [0.25, 0.3) is 0 Å². The number of rotatable bonds is 4. The van der Waals surface area contributed by atoms with E-state index in [1.54, 1.807) is 11.3 Å². The van der Waals surface area contributed by atoms with Crippen molar-refractivity contribution in [2.75, 3.05) is 5.75 Å². The number of thiol groups is 1. The van der Waals surface area contributed by atoms with Crippen LogP contribution in [0, 0.1) is 0 Å². The number of carbonyl (C=O) groups excluding carboxylic acids is 1. The lowest BCUT2D eigenvalue weighted by molar-refractivity contribution is -0.130. The van der Waals surface area contributed by atoms with Gasteiger partial charge in [0, 0.05) is 10.9 Å². The lowest BCUT2D eigenvalue weighted by Gasteiger charge is -2.25. The Morgan fingerprint density at radius 1 is 1.64 bits per heavy atom.